The maximum Gasteiger partial charge on any atom is 0.404 e. The molecule has 2 N–H and O–H groups in total. The monoisotopic (exact) mass is 246 g/mol. The van der Waals surface area contributed by atoms with E-state index in [1.54, 1.807) is 0 Å². The largest absolute Gasteiger partial charge is 0.443 e. The lowest BCUT2D eigenvalue weighted by Gasteiger charge is -2.18. The van der Waals surface area contributed by atoms with Gasteiger partial charge in [0.15, 0.2) is 0 Å². The summed E-state index contributed by atoms with van der Waals surface area (Å²) < 4.78 is 10.5. The highest BCUT2D eigenvalue weighted by molar-refractivity contribution is 5.64. The Bertz CT molecular complexity index is 262. The summed E-state index contributed by atoms with van der Waals surface area (Å²) >= 11 is 0. The molecule has 1 aliphatic heterocycles. The molecule has 5 nitrogen and oxygen atoms in total. The summed E-state index contributed by atoms with van der Waals surface area (Å²) in [5, 5.41) is 0. The molecule has 1 fully saturated rings. The topological polar surface area (TPSA) is 64.6 Å². The van der Waals surface area contributed by atoms with Crippen molar-refractivity contribution in [3.8, 4) is 0 Å². The van der Waals surface area contributed by atoms with Crippen LogP contribution < -0.4 is 5.73 Å². The number of unbranched alkanes of at least 4 members (excludes halogenated alkanes) is 1. The van der Waals surface area contributed by atoms with Gasteiger partial charge in [-0.05, 0) is 20.3 Å². The number of hydrogen-bond acceptors (Lipinski definition) is 4. The van der Waals surface area contributed by atoms with Gasteiger partial charge in [-0.3, -0.25) is 4.90 Å². The van der Waals surface area contributed by atoms with Gasteiger partial charge in [-0.1, -0.05) is 13.3 Å². The van der Waals surface area contributed by atoms with Gasteiger partial charge < -0.3 is 15.2 Å². The van der Waals surface area contributed by atoms with Crippen LogP contribution in [0.15, 0.2) is 0 Å². The minimum absolute atomic E-state index is 0. The van der Waals surface area contributed by atoms with Gasteiger partial charge in [0, 0.05) is 26.7 Å². The van der Waals surface area contributed by atoms with E-state index >= 15 is 0 Å². The Morgan fingerprint density at radius 3 is 2.71 bits per heavy atom. The molecule has 1 saturated heterocycles. The van der Waals surface area contributed by atoms with E-state index in [4.69, 9.17) is 15.2 Å². The third kappa shape index (κ3) is 5.37. The van der Waals surface area contributed by atoms with Gasteiger partial charge in [0.05, 0.1) is 6.61 Å². The van der Waals surface area contributed by atoms with E-state index in [1.807, 2.05) is 0 Å². The highest BCUT2D eigenvalue weighted by atomic mass is 16.6. The summed E-state index contributed by atoms with van der Waals surface area (Å²) in [6, 6.07) is 0. The number of carbonyl (C=O) groups excluding carboxylic acids is 1. The SMILES string of the molecule is CCCCOCC(CN1CC1(C)C)OC(N)=O.[HH]. The molecule has 0 bridgehead atoms. The fraction of sp³-hybridized carbons (Fsp3) is 0.917. The summed E-state index contributed by atoms with van der Waals surface area (Å²) in [6.07, 6.45) is 1.14. The molecule has 0 aromatic carbocycles. The first kappa shape index (κ1) is 14.3. The number of hydrogen-bond donors (Lipinski definition) is 1. The van der Waals surface area contributed by atoms with Crippen LogP contribution in [0.2, 0.25) is 0 Å². The zero-order chi connectivity index (χ0) is 12.9. The Kier molecular flexibility index (Phi) is 5.21. The van der Waals surface area contributed by atoms with Crippen molar-refractivity contribution in [2.75, 3.05) is 26.3 Å². The number of amides is 1. The van der Waals surface area contributed by atoms with Crippen LogP contribution in [0.4, 0.5) is 4.79 Å². The molecule has 0 saturated carbocycles. The van der Waals surface area contributed by atoms with E-state index in [9.17, 15) is 4.79 Å². The average molecular weight is 246 g/mol. The minimum atomic E-state index is -0.728. The third-order valence-electron chi connectivity index (χ3n) is 2.98. The second kappa shape index (κ2) is 6.21. The van der Waals surface area contributed by atoms with Gasteiger partial charge in [0.25, 0.3) is 0 Å². The Morgan fingerprint density at radius 2 is 2.24 bits per heavy atom. The van der Waals surface area contributed by atoms with E-state index in [0.29, 0.717) is 19.8 Å². The zero-order valence-corrected chi connectivity index (χ0v) is 11.1. The van der Waals surface area contributed by atoms with Gasteiger partial charge in [0.2, 0.25) is 0 Å². The van der Waals surface area contributed by atoms with Gasteiger partial charge in [-0.25, -0.2) is 4.79 Å². The molecule has 1 heterocycles. The normalized spacial score (nSPS) is 23.1. The Morgan fingerprint density at radius 1 is 1.59 bits per heavy atom. The average Bonchev–Trinajstić information content (AvgIpc) is 2.80. The van der Waals surface area contributed by atoms with Crippen LogP contribution in [0.1, 0.15) is 35.0 Å². The first-order chi connectivity index (χ1) is 7.95. The highest BCUT2D eigenvalue weighted by Gasteiger charge is 2.44. The van der Waals surface area contributed by atoms with Crippen molar-refractivity contribution in [1.82, 2.24) is 4.90 Å². The van der Waals surface area contributed by atoms with Crippen molar-refractivity contribution in [2.45, 2.75) is 45.3 Å². The lowest BCUT2D eigenvalue weighted by Crippen LogP contribution is -2.34. The van der Waals surface area contributed by atoms with Crippen molar-refractivity contribution in [3.05, 3.63) is 0 Å². The predicted octanol–water partition coefficient (Wildman–Crippen LogP) is 1.61. The van der Waals surface area contributed by atoms with Crippen molar-refractivity contribution in [3.63, 3.8) is 0 Å². The fourth-order valence-corrected chi connectivity index (χ4v) is 1.74. The Balaban J connectivity index is 0.00000289. The van der Waals surface area contributed by atoms with E-state index in [0.717, 1.165) is 19.4 Å². The maximum atomic E-state index is 10.8. The quantitative estimate of drug-likeness (QED) is 0.522. The molecule has 1 amide bonds. The summed E-state index contributed by atoms with van der Waals surface area (Å²) in [4.78, 5) is 13.0. The molecule has 2 unspecified atom stereocenters. The first-order valence-electron chi connectivity index (χ1n) is 6.24. The molecule has 102 valence electrons. The van der Waals surface area contributed by atoms with Gasteiger partial charge in [0.1, 0.15) is 6.10 Å². The van der Waals surface area contributed by atoms with Crippen molar-refractivity contribution in [2.24, 2.45) is 5.73 Å². The molecule has 0 spiro atoms. The Hall–Kier alpha value is -0.810. The lowest BCUT2D eigenvalue weighted by molar-refractivity contribution is 0.0146. The molecule has 0 aromatic rings. The molecule has 2 atom stereocenters. The second-order valence-electron chi connectivity index (χ2n) is 5.18. The van der Waals surface area contributed by atoms with E-state index in [-0.39, 0.29) is 13.1 Å². The minimum Gasteiger partial charge on any atom is -0.443 e. The standard InChI is InChI=1S/C12H24N2O3.H2/c1-4-5-6-16-8-10(17-11(13)15)7-14-9-12(14,2)3;/h10H,4-9H2,1-3H3,(H2,13,15);1H. The van der Waals surface area contributed by atoms with E-state index in [1.165, 1.54) is 0 Å². The molecular formula is C12H26N2O3. The number of nitrogens with two attached hydrogens (primary N) is 1. The van der Waals surface area contributed by atoms with Crippen LogP contribution in [0.25, 0.3) is 0 Å². The second-order valence-corrected chi connectivity index (χ2v) is 5.18. The molecule has 0 aromatic heterocycles. The number of rotatable bonds is 8. The van der Waals surface area contributed by atoms with Crippen LogP contribution in [-0.4, -0.2) is 48.9 Å². The van der Waals surface area contributed by atoms with E-state index in [2.05, 4.69) is 25.7 Å². The summed E-state index contributed by atoms with van der Waals surface area (Å²) in [5.41, 5.74) is 5.28. The van der Waals surface area contributed by atoms with Gasteiger partial charge in [-0.2, -0.15) is 0 Å². The summed E-state index contributed by atoms with van der Waals surface area (Å²) in [5.74, 6) is 0. The van der Waals surface area contributed by atoms with Gasteiger partial charge in [-0.15, -0.1) is 0 Å². The number of ether oxygens (including phenoxy) is 2. The van der Waals surface area contributed by atoms with Crippen LogP contribution in [0.3, 0.4) is 0 Å². The predicted molar refractivity (Wildman–Crippen MR) is 67.9 cm³/mol. The Labute approximate surface area is 105 Å². The van der Waals surface area contributed by atoms with Crippen LogP contribution >= 0.6 is 0 Å². The maximum absolute atomic E-state index is 10.8. The van der Waals surface area contributed by atoms with Crippen molar-refractivity contribution < 1.29 is 15.7 Å². The molecular weight excluding hydrogens is 220 g/mol. The van der Waals surface area contributed by atoms with Crippen molar-refractivity contribution >= 4 is 6.09 Å². The molecule has 0 aliphatic carbocycles. The molecule has 0 radical (unpaired) electrons. The number of primary amides is 1. The summed E-state index contributed by atoms with van der Waals surface area (Å²) in [6.45, 7) is 9.29. The molecule has 1 rings (SSSR count). The molecule has 17 heavy (non-hydrogen) atoms. The van der Waals surface area contributed by atoms with Crippen molar-refractivity contribution in [1.29, 1.82) is 0 Å². The van der Waals surface area contributed by atoms with E-state index < -0.39 is 6.09 Å². The lowest BCUT2D eigenvalue weighted by atomic mass is 10.2. The van der Waals surface area contributed by atoms with Crippen LogP contribution in [0.5, 0.6) is 0 Å². The van der Waals surface area contributed by atoms with Crippen LogP contribution in [0, 0.1) is 0 Å². The molecule has 5 heteroatoms. The fourth-order valence-electron chi connectivity index (χ4n) is 1.74. The first-order valence-corrected chi connectivity index (χ1v) is 6.24. The number of carbonyl (C=O) groups is 1. The molecule has 1 aliphatic rings. The third-order valence-corrected chi connectivity index (χ3v) is 2.98. The smallest absolute Gasteiger partial charge is 0.404 e. The van der Waals surface area contributed by atoms with Gasteiger partial charge >= 0.3 is 6.09 Å². The zero-order valence-electron chi connectivity index (χ0n) is 11.1. The summed E-state index contributed by atoms with van der Waals surface area (Å²) in [7, 11) is 0. The number of nitrogens with zero attached hydrogens (tertiary/aromatic N) is 1. The van der Waals surface area contributed by atoms with Crippen LogP contribution in [-0.2, 0) is 9.47 Å². The highest BCUT2D eigenvalue weighted by Crippen LogP contribution is 2.30.